The van der Waals surface area contributed by atoms with Crippen LogP contribution in [0.15, 0.2) is 41.8 Å². The van der Waals surface area contributed by atoms with E-state index in [1.54, 1.807) is 0 Å². The molecule has 0 aliphatic rings. The molecule has 0 radical (unpaired) electrons. The molecule has 3 rings (SSSR count). The third kappa shape index (κ3) is 4.65. The van der Waals surface area contributed by atoms with Gasteiger partial charge in [0, 0.05) is 50.0 Å². The molecule has 6 heteroatoms. The molecule has 1 aromatic carbocycles. The lowest BCUT2D eigenvalue weighted by Gasteiger charge is -2.10. The van der Waals surface area contributed by atoms with E-state index in [0.29, 0.717) is 0 Å². The topological polar surface area (TPSA) is 70.0 Å². The highest BCUT2D eigenvalue weighted by Crippen LogP contribution is 2.19. The minimum atomic E-state index is 0.753. The predicted molar refractivity (Wildman–Crippen MR) is 108 cm³/mol. The van der Waals surface area contributed by atoms with E-state index in [1.807, 2.05) is 24.1 Å². The lowest BCUT2D eigenvalue weighted by atomic mass is 10.1. The van der Waals surface area contributed by atoms with E-state index < -0.39 is 0 Å². The lowest BCUT2D eigenvalue weighted by molar-refractivity contribution is 0.765. The normalized spacial score (nSPS) is 11.9. The molecule has 0 spiro atoms. The van der Waals surface area contributed by atoms with Gasteiger partial charge in [0.15, 0.2) is 5.96 Å². The van der Waals surface area contributed by atoms with E-state index in [4.69, 9.17) is 4.99 Å². The van der Waals surface area contributed by atoms with Crippen LogP contribution < -0.4 is 10.6 Å². The molecular weight excluding hydrogens is 324 g/mol. The average Bonchev–Trinajstić information content (AvgIpc) is 3.21. The summed E-state index contributed by atoms with van der Waals surface area (Å²) in [5.41, 5.74) is 5.02. The standard InChI is InChI=1S/C20H28N6/c1-4-21-20(22-9-7-16-12-25-26(3)14-16)23-10-8-17-13-24-19-11-15(2)5-6-18(17)19/h5-6,11-14,24H,4,7-10H2,1-3H3,(H2,21,22,23). The monoisotopic (exact) mass is 352 g/mol. The van der Waals surface area contributed by atoms with Crippen LogP contribution >= 0.6 is 0 Å². The molecule has 0 amide bonds. The summed E-state index contributed by atoms with van der Waals surface area (Å²) in [4.78, 5) is 8.07. The Kier molecular flexibility index (Phi) is 5.94. The van der Waals surface area contributed by atoms with Crippen LogP contribution in [0.5, 0.6) is 0 Å². The molecule has 0 aliphatic heterocycles. The second-order valence-electron chi connectivity index (χ2n) is 6.57. The van der Waals surface area contributed by atoms with Crippen molar-refractivity contribution in [1.29, 1.82) is 0 Å². The van der Waals surface area contributed by atoms with Crippen LogP contribution in [-0.2, 0) is 19.9 Å². The van der Waals surface area contributed by atoms with Gasteiger partial charge in [-0.1, -0.05) is 12.1 Å². The highest BCUT2D eigenvalue weighted by Gasteiger charge is 2.04. The molecule has 0 fully saturated rings. The molecule has 2 heterocycles. The van der Waals surface area contributed by atoms with E-state index in [1.165, 1.54) is 27.6 Å². The van der Waals surface area contributed by atoms with Crippen LogP contribution in [0.2, 0.25) is 0 Å². The average molecular weight is 352 g/mol. The first-order valence-corrected chi connectivity index (χ1v) is 9.22. The maximum absolute atomic E-state index is 4.71. The zero-order valence-corrected chi connectivity index (χ0v) is 15.8. The summed E-state index contributed by atoms with van der Waals surface area (Å²) in [5.74, 6) is 0.868. The fourth-order valence-electron chi connectivity index (χ4n) is 3.06. The van der Waals surface area contributed by atoms with Crippen molar-refractivity contribution in [3.63, 3.8) is 0 Å². The molecule has 26 heavy (non-hydrogen) atoms. The van der Waals surface area contributed by atoms with Crippen molar-refractivity contribution in [3.05, 3.63) is 53.5 Å². The number of nitrogens with zero attached hydrogens (tertiary/aromatic N) is 3. The van der Waals surface area contributed by atoms with Crippen molar-refractivity contribution < 1.29 is 0 Å². The maximum atomic E-state index is 4.71. The van der Waals surface area contributed by atoms with Crippen LogP contribution in [0.3, 0.4) is 0 Å². The van der Waals surface area contributed by atoms with E-state index in [0.717, 1.165) is 38.4 Å². The minimum absolute atomic E-state index is 0.753. The Morgan fingerprint density at radius 2 is 2.15 bits per heavy atom. The summed E-state index contributed by atoms with van der Waals surface area (Å²) in [6, 6.07) is 6.54. The van der Waals surface area contributed by atoms with Gasteiger partial charge in [0.2, 0.25) is 0 Å². The first-order chi connectivity index (χ1) is 12.7. The van der Waals surface area contributed by atoms with Crippen LogP contribution in [0.4, 0.5) is 0 Å². The molecule has 0 unspecified atom stereocenters. The Balaban J connectivity index is 1.54. The SMILES string of the molecule is CCNC(=NCCc1c[nH]c2cc(C)ccc12)NCCc1cnn(C)c1. The van der Waals surface area contributed by atoms with Gasteiger partial charge in [-0.25, -0.2) is 0 Å². The Bertz CT molecular complexity index is 873. The minimum Gasteiger partial charge on any atom is -0.361 e. The van der Waals surface area contributed by atoms with Crippen molar-refractivity contribution in [2.24, 2.45) is 12.0 Å². The van der Waals surface area contributed by atoms with Gasteiger partial charge in [0.1, 0.15) is 0 Å². The Morgan fingerprint density at radius 3 is 2.92 bits per heavy atom. The van der Waals surface area contributed by atoms with Crippen molar-refractivity contribution in [1.82, 2.24) is 25.4 Å². The van der Waals surface area contributed by atoms with Crippen molar-refractivity contribution in [3.8, 4) is 0 Å². The Labute approximate surface area is 154 Å². The quantitative estimate of drug-likeness (QED) is 0.452. The molecule has 6 nitrogen and oxygen atoms in total. The van der Waals surface area contributed by atoms with Crippen molar-refractivity contribution in [2.45, 2.75) is 26.7 Å². The first-order valence-electron chi connectivity index (χ1n) is 9.22. The third-order valence-electron chi connectivity index (χ3n) is 4.38. The van der Waals surface area contributed by atoms with Gasteiger partial charge in [-0.15, -0.1) is 0 Å². The number of hydrogen-bond acceptors (Lipinski definition) is 2. The van der Waals surface area contributed by atoms with Gasteiger partial charge < -0.3 is 15.6 Å². The van der Waals surface area contributed by atoms with Gasteiger partial charge in [-0.2, -0.15) is 5.10 Å². The van der Waals surface area contributed by atoms with E-state index >= 15 is 0 Å². The zero-order valence-electron chi connectivity index (χ0n) is 15.8. The fraction of sp³-hybridized carbons (Fsp3) is 0.400. The Hall–Kier alpha value is -2.76. The molecule has 2 aromatic heterocycles. The van der Waals surface area contributed by atoms with Crippen molar-refractivity contribution in [2.75, 3.05) is 19.6 Å². The highest BCUT2D eigenvalue weighted by molar-refractivity contribution is 5.84. The molecule has 3 N–H and O–H groups in total. The number of hydrogen-bond donors (Lipinski definition) is 3. The first kappa shape index (κ1) is 18.0. The molecule has 0 bridgehead atoms. The number of benzene rings is 1. The number of fused-ring (bicyclic) bond motifs is 1. The summed E-state index contributed by atoms with van der Waals surface area (Å²) >= 11 is 0. The molecule has 0 saturated heterocycles. The summed E-state index contributed by atoms with van der Waals surface area (Å²) < 4.78 is 1.83. The van der Waals surface area contributed by atoms with Crippen LogP contribution in [0.25, 0.3) is 10.9 Å². The van der Waals surface area contributed by atoms with Gasteiger partial charge in [-0.3, -0.25) is 9.67 Å². The molecule has 0 atom stereocenters. The summed E-state index contributed by atoms with van der Waals surface area (Å²) in [7, 11) is 1.94. The van der Waals surface area contributed by atoms with Crippen LogP contribution in [-0.4, -0.2) is 40.4 Å². The molecule has 0 aliphatic carbocycles. The van der Waals surface area contributed by atoms with Gasteiger partial charge in [-0.05, 0) is 49.4 Å². The van der Waals surface area contributed by atoms with Crippen molar-refractivity contribution >= 4 is 16.9 Å². The van der Waals surface area contributed by atoms with E-state index in [9.17, 15) is 0 Å². The smallest absolute Gasteiger partial charge is 0.191 e. The molecular formula is C20H28N6. The number of nitrogens with one attached hydrogen (secondary N) is 3. The number of aryl methyl sites for hydroxylation is 2. The van der Waals surface area contributed by atoms with E-state index in [2.05, 4.69) is 59.0 Å². The van der Waals surface area contributed by atoms with Gasteiger partial charge >= 0.3 is 0 Å². The predicted octanol–water partition coefficient (Wildman–Crippen LogP) is 2.55. The second kappa shape index (κ2) is 8.56. The number of rotatable bonds is 7. The third-order valence-corrected chi connectivity index (χ3v) is 4.38. The Morgan fingerprint density at radius 1 is 1.27 bits per heavy atom. The molecule has 0 saturated carbocycles. The number of aromatic nitrogens is 3. The number of aliphatic imine (C=N–C) groups is 1. The van der Waals surface area contributed by atoms with Crippen LogP contribution in [0, 0.1) is 6.92 Å². The molecule has 3 aromatic rings. The number of H-pyrrole nitrogens is 1. The second-order valence-corrected chi connectivity index (χ2v) is 6.57. The number of guanidine groups is 1. The van der Waals surface area contributed by atoms with E-state index in [-0.39, 0.29) is 0 Å². The fourth-order valence-corrected chi connectivity index (χ4v) is 3.06. The highest BCUT2D eigenvalue weighted by atomic mass is 15.2. The van der Waals surface area contributed by atoms with Gasteiger partial charge in [0.25, 0.3) is 0 Å². The largest absolute Gasteiger partial charge is 0.361 e. The zero-order chi connectivity index (χ0) is 18.4. The van der Waals surface area contributed by atoms with Gasteiger partial charge in [0.05, 0.1) is 6.20 Å². The summed E-state index contributed by atoms with van der Waals surface area (Å²) in [5, 5.41) is 12.2. The maximum Gasteiger partial charge on any atom is 0.191 e. The summed E-state index contributed by atoms with van der Waals surface area (Å²) in [6.07, 6.45) is 7.90. The summed E-state index contributed by atoms with van der Waals surface area (Å²) in [6.45, 7) is 6.64. The molecule has 138 valence electrons. The number of aromatic amines is 1. The van der Waals surface area contributed by atoms with Crippen LogP contribution in [0.1, 0.15) is 23.6 Å². The lowest BCUT2D eigenvalue weighted by Crippen LogP contribution is -2.38.